The molecule has 1 aliphatic heterocycles. The summed E-state index contributed by atoms with van der Waals surface area (Å²) in [5.41, 5.74) is -3.40. The number of nitrogens with zero attached hydrogens (tertiary/aromatic N) is 4. The van der Waals surface area contributed by atoms with Gasteiger partial charge in [0.05, 0.1) is 18.2 Å². The first-order valence-electron chi connectivity index (χ1n) is 10.3. The van der Waals surface area contributed by atoms with Crippen molar-refractivity contribution in [3.05, 3.63) is 51.7 Å². The number of halogens is 6. The van der Waals surface area contributed by atoms with E-state index in [9.17, 15) is 35.9 Å². The van der Waals surface area contributed by atoms with Gasteiger partial charge in [-0.2, -0.15) is 26.3 Å². The summed E-state index contributed by atoms with van der Waals surface area (Å²) in [7, 11) is 0. The molecule has 1 aliphatic rings. The van der Waals surface area contributed by atoms with Crippen LogP contribution in [-0.2, 0) is 23.5 Å². The Morgan fingerprint density at radius 1 is 1.15 bits per heavy atom. The van der Waals surface area contributed by atoms with Crippen LogP contribution in [-0.4, -0.2) is 58.2 Å². The van der Waals surface area contributed by atoms with Crippen molar-refractivity contribution in [1.29, 1.82) is 0 Å². The molecule has 0 spiro atoms. The summed E-state index contributed by atoms with van der Waals surface area (Å²) in [6.45, 7) is 2.33. The quantitative estimate of drug-likeness (QED) is 0.642. The third-order valence-corrected chi connectivity index (χ3v) is 5.32. The van der Waals surface area contributed by atoms with Crippen molar-refractivity contribution in [2.75, 3.05) is 31.1 Å². The molecule has 34 heavy (non-hydrogen) atoms. The van der Waals surface area contributed by atoms with E-state index in [1.54, 1.807) is 4.90 Å². The monoisotopic (exact) mass is 493 g/mol. The lowest BCUT2D eigenvalue weighted by Crippen LogP contribution is -2.55. The largest absolute Gasteiger partial charge is 0.449 e. The van der Waals surface area contributed by atoms with Crippen molar-refractivity contribution in [1.82, 2.24) is 19.9 Å². The summed E-state index contributed by atoms with van der Waals surface area (Å²) in [6, 6.07) is 0.377. The Balaban J connectivity index is 1.57. The number of nitrogens with one attached hydrogen (secondary N) is 1. The number of hydrogen-bond acceptors (Lipinski definition) is 6. The van der Waals surface area contributed by atoms with E-state index in [0.29, 0.717) is 24.9 Å². The molecule has 2 aromatic rings. The van der Waals surface area contributed by atoms with Gasteiger partial charge < -0.3 is 19.5 Å². The molecule has 14 heteroatoms. The number of amides is 1. The Hall–Kier alpha value is -3.32. The fraction of sp³-hybridized carbons (Fsp3) is 0.500. The molecule has 0 unspecified atom stereocenters. The zero-order valence-electron chi connectivity index (χ0n) is 17.9. The number of carbonyl (C=O) groups is 1. The number of anilines is 1. The molecule has 186 valence electrons. The fourth-order valence-electron chi connectivity index (χ4n) is 3.48. The summed E-state index contributed by atoms with van der Waals surface area (Å²) < 4.78 is 81.9. The highest BCUT2D eigenvalue weighted by Crippen LogP contribution is 2.29. The van der Waals surface area contributed by atoms with E-state index in [4.69, 9.17) is 4.74 Å². The van der Waals surface area contributed by atoms with E-state index in [1.165, 1.54) is 4.90 Å². The third kappa shape index (κ3) is 5.97. The number of piperazine rings is 1. The average Bonchev–Trinajstić information content (AvgIpc) is 2.78. The Morgan fingerprint density at radius 3 is 2.41 bits per heavy atom. The number of hydrogen-bond donors (Lipinski definition) is 1. The minimum absolute atomic E-state index is 0.0399. The normalized spacial score (nSPS) is 17.1. The molecule has 1 N–H and O–H groups in total. The Morgan fingerprint density at radius 2 is 1.82 bits per heavy atom. The molecule has 0 radical (unpaired) electrons. The molecule has 0 aromatic carbocycles. The number of aromatic nitrogens is 3. The second-order valence-corrected chi connectivity index (χ2v) is 7.58. The molecular formula is C20H21F6N5O3. The molecule has 0 aliphatic carbocycles. The van der Waals surface area contributed by atoms with Gasteiger partial charge in [0.25, 0.3) is 5.56 Å². The molecule has 1 amide bonds. The van der Waals surface area contributed by atoms with Gasteiger partial charge in [-0.3, -0.25) is 4.79 Å². The van der Waals surface area contributed by atoms with Crippen LogP contribution in [0.5, 0.6) is 0 Å². The number of H-pyrrole nitrogens is 1. The first kappa shape index (κ1) is 25.3. The van der Waals surface area contributed by atoms with Crippen molar-refractivity contribution >= 4 is 12.0 Å². The molecule has 3 rings (SSSR count). The van der Waals surface area contributed by atoms with Crippen LogP contribution in [0.1, 0.15) is 30.0 Å². The van der Waals surface area contributed by atoms with Gasteiger partial charge >= 0.3 is 18.4 Å². The van der Waals surface area contributed by atoms with E-state index in [1.807, 2.05) is 11.9 Å². The number of carbonyl (C=O) groups excluding carboxylic acids is 1. The van der Waals surface area contributed by atoms with Gasteiger partial charge in [-0.05, 0) is 18.1 Å². The van der Waals surface area contributed by atoms with Gasteiger partial charge in [0.2, 0.25) is 5.95 Å². The maximum absolute atomic E-state index is 12.9. The molecule has 1 fully saturated rings. The van der Waals surface area contributed by atoms with Crippen LogP contribution in [0.3, 0.4) is 0 Å². The third-order valence-electron chi connectivity index (χ3n) is 5.32. The minimum atomic E-state index is -4.80. The van der Waals surface area contributed by atoms with Crippen LogP contribution < -0.4 is 10.5 Å². The molecule has 3 heterocycles. The van der Waals surface area contributed by atoms with Gasteiger partial charge in [0, 0.05) is 44.6 Å². The lowest BCUT2D eigenvalue weighted by Gasteiger charge is -2.40. The molecule has 2 aromatic heterocycles. The summed E-state index contributed by atoms with van der Waals surface area (Å²) in [6.07, 6.45) is -7.01. The van der Waals surface area contributed by atoms with Crippen molar-refractivity contribution < 1.29 is 35.9 Å². The highest BCUT2D eigenvalue weighted by atomic mass is 19.4. The standard InChI is InChI=1S/C20H21F6N5O3/c1-2-14-11-30(17-28-9-13(10-29-17)19(21,22)23)4-5-31(14)18(33)34-6-3-12-7-15(20(24,25)26)16(32)27-8-12/h7-10,14H,2-6,11H2,1H3,(H,27,32)/t14-/m0/s1. The minimum Gasteiger partial charge on any atom is -0.449 e. The second-order valence-electron chi connectivity index (χ2n) is 7.58. The number of rotatable bonds is 5. The first-order valence-corrected chi connectivity index (χ1v) is 10.3. The fourth-order valence-corrected chi connectivity index (χ4v) is 3.48. The highest BCUT2D eigenvalue weighted by Gasteiger charge is 2.35. The summed E-state index contributed by atoms with van der Waals surface area (Å²) in [4.78, 5) is 36.5. The van der Waals surface area contributed by atoms with Crippen molar-refractivity contribution in [2.45, 2.75) is 38.2 Å². The van der Waals surface area contributed by atoms with Gasteiger partial charge in [0.15, 0.2) is 0 Å². The topological polar surface area (TPSA) is 91.4 Å². The lowest BCUT2D eigenvalue weighted by atomic mass is 10.1. The predicted octanol–water partition coefficient (Wildman–Crippen LogP) is 3.48. The van der Waals surface area contributed by atoms with Gasteiger partial charge in [-0.15, -0.1) is 0 Å². The number of ether oxygens (including phenoxy) is 1. The number of alkyl halides is 6. The number of pyridine rings is 1. The Bertz CT molecular complexity index is 1050. The smallest absolute Gasteiger partial charge is 0.421 e. The summed E-state index contributed by atoms with van der Waals surface area (Å²) >= 11 is 0. The number of aromatic amines is 1. The zero-order chi connectivity index (χ0) is 25.1. The molecule has 1 atom stereocenters. The Kier molecular flexibility index (Phi) is 7.36. The molecule has 0 bridgehead atoms. The van der Waals surface area contributed by atoms with E-state index in [2.05, 4.69) is 9.97 Å². The van der Waals surface area contributed by atoms with Crippen LogP contribution in [0.2, 0.25) is 0 Å². The molecule has 0 saturated carbocycles. The van der Waals surface area contributed by atoms with Crippen LogP contribution in [0.4, 0.5) is 37.1 Å². The molecule has 8 nitrogen and oxygen atoms in total. The van der Waals surface area contributed by atoms with Crippen LogP contribution >= 0.6 is 0 Å². The maximum atomic E-state index is 12.9. The van der Waals surface area contributed by atoms with Gasteiger partial charge in [-0.25, -0.2) is 14.8 Å². The van der Waals surface area contributed by atoms with Gasteiger partial charge in [0.1, 0.15) is 5.56 Å². The van der Waals surface area contributed by atoms with Crippen molar-refractivity contribution in [3.8, 4) is 0 Å². The van der Waals surface area contributed by atoms with E-state index in [-0.39, 0.29) is 50.2 Å². The van der Waals surface area contributed by atoms with E-state index >= 15 is 0 Å². The van der Waals surface area contributed by atoms with E-state index in [0.717, 1.165) is 6.20 Å². The zero-order valence-corrected chi connectivity index (χ0v) is 17.9. The SMILES string of the molecule is CC[C@H]1CN(c2ncc(C(F)(F)F)cn2)CCN1C(=O)OCCc1c[nH]c(=O)c(C(F)(F)F)c1. The second kappa shape index (κ2) is 9.89. The van der Waals surface area contributed by atoms with Crippen molar-refractivity contribution in [2.24, 2.45) is 0 Å². The van der Waals surface area contributed by atoms with Crippen LogP contribution in [0, 0.1) is 0 Å². The summed E-state index contributed by atoms with van der Waals surface area (Å²) in [5.74, 6) is 0.109. The maximum Gasteiger partial charge on any atom is 0.421 e. The van der Waals surface area contributed by atoms with Gasteiger partial charge in [-0.1, -0.05) is 6.92 Å². The van der Waals surface area contributed by atoms with Crippen molar-refractivity contribution in [3.63, 3.8) is 0 Å². The van der Waals surface area contributed by atoms with Crippen LogP contribution in [0.25, 0.3) is 0 Å². The Labute approximate surface area is 189 Å². The highest BCUT2D eigenvalue weighted by molar-refractivity contribution is 5.68. The van der Waals surface area contributed by atoms with Crippen LogP contribution in [0.15, 0.2) is 29.5 Å². The first-order chi connectivity index (χ1) is 15.9. The average molecular weight is 493 g/mol. The molecular weight excluding hydrogens is 472 g/mol. The molecule has 1 saturated heterocycles. The van der Waals surface area contributed by atoms with E-state index < -0.39 is 35.1 Å². The predicted molar refractivity (Wildman–Crippen MR) is 107 cm³/mol. The summed E-state index contributed by atoms with van der Waals surface area (Å²) in [5, 5.41) is 0. The lowest BCUT2D eigenvalue weighted by molar-refractivity contribution is -0.139.